The fourth-order valence-electron chi connectivity index (χ4n) is 1.96. The molecule has 0 radical (unpaired) electrons. The third kappa shape index (κ3) is 2.92. The second kappa shape index (κ2) is 6.33. The van der Waals surface area contributed by atoms with Crippen LogP contribution in [-0.2, 0) is 4.74 Å². The molecule has 0 aliphatic carbocycles. The van der Waals surface area contributed by atoms with Crippen molar-refractivity contribution in [3.8, 4) is 0 Å². The van der Waals surface area contributed by atoms with Crippen molar-refractivity contribution in [2.75, 3.05) is 13.7 Å². The highest BCUT2D eigenvalue weighted by Gasteiger charge is 2.15. The Bertz CT molecular complexity index is 513. The molecule has 1 atom stereocenters. The minimum absolute atomic E-state index is 0.0134. The van der Waals surface area contributed by atoms with Crippen molar-refractivity contribution in [3.05, 3.63) is 34.5 Å². The van der Waals surface area contributed by atoms with E-state index in [1.807, 2.05) is 24.3 Å². The van der Waals surface area contributed by atoms with Crippen LogP contribution in [0.4, 0.5) is 0 Å². The number of furan rings is 1. The highest BCUT2D eigenvalue weighted by molar-refractivity contribution is 9.10. The van der Waals surface area contributed by atoms with Crippen LogP contribution in [0.2, 0.25) is 0 Å². The number of ether oxygens (including phenoxy) is 1. The molecular formula is C13H17BrN2O2. The van der Waals surface area contributed by atoms with E-state index in [0.717, 1.165) is 40.7 Å². The summed E-state index contributed by atoms with van der Waals surface area (Å²) < 4.78 is 11.9. The van der Waals surface area contributed by atoms with Crippen molar-refractivity contribution < 1.29 is 9.15 Å². The number of benzene rings is 1. The molecule has 18 heavy (non-hydrogen) atoms. The summed E-state index contributed by atoms with van der Waals surface area (Å²) in [6.45, 7) is 0.724. The van der Waals surface area contributed by atoms with Crippen molar-refractivity contribution in [1.29, 1.82) is 0 Å². The van der Waals surface area contributed by atoms with Gasteiger partial charge in [0.2, 0.25) is 0 Å². The zero-order chi connectivity index (χ0) is 13.0. The second-order valence-electron chi connectivity index (χ2n) is 4.16. The molecule has 1 aromatic heterocycles. The molecule has 98 valence electrons. The number of hydrogen-bond donors (Lipinski definition) is 2. The van der Waals surface area contributed by atoms with E-state index in [9.17, 15) is 0 Å². The normalized spacial score (nSPS) is 13.1. The zero-order valence-electron chi connectivity index (χ0n) is 10.3. The molecule has 1 unspecified atom stereocenters. The highest BCUT2D eigenvalue weighted by atomic mass is 79.9. The Morgan fingerprint density at radius 1 is 1.50 bits per heavy atom. The van der Waals surface area contributed by atoms with E-state index in [1.165, 1.54) is 0 Å². The average Bonchev–Trinajstić information content (AvgIpc) is 2.80. The second-order valence-corrected chi connectivity index (χ2v) is 5.02. The van der Waals surface area contributed by atoms with Gasteiger partial charge >= 0.3 is 0 Å². The molecular weight excluding hydrogens is 296 g/mol. The maximum atomic E-state index is 5.85. The first-order chi connectivity index (χ1) is 8.76. The molecule has 3 N–H and O–H groups in total. The number of nitrogens with two attached hydrogens (primary N) is 1. The largest absolute Gasteiger partial charge is 0.458 e. The van der Waals surface area contributed by atoms with Crippen LogP contribution in [-0.4, -0.2) is 13.7 Å². The summed E-state index contributed by atoms with van der Waals surface area (Å²) in [6.07, 6.45) is 1.81. The number of para-hydroxylation sites is 1. The first kappa shape index (κ1) is 13.5. The number of hydrazine groups is 1. The molecule has 2 aromatic rings. The Hall–Kier alpha value is -0.880. The lowest BCUT2D eigenvalue weighted by molar-refractivity contribution is 0.187. The summed E-state index contributed by atoms with van der Waals surface area (Å²) in [5, 5.41) is 1.08. The van der Waals surface area contributed by atoms with Gasteiger partial charge in [0.1, 0.15) is 11.3 Å². The monoisotopic (exact) mass is 312 g/mol. The topological polar surface area (TPSA) is 60.4 Å². The van der Waals surface area contributed by atoms with Gasteiger partial charge in [-0.25, -0.2) is 5.43 Å². The summed E-state index contributed by atoms with van der Waals surface area (Å²) in [4.78, 5) is 0. The summed E-state index contributed by atoms with van der Waals surface area (Å²) in [7, 11) is 1.70. The van der Waals surface area contributed by atoms with E-state index >= 15 is 0 Å². The molecule has 1 heterocycles. The predicted octanol–water partition coefficient (Wildman–Crippen LogP) is 3.13. The van der Waals surface area contributed by atoms with Gasteiger partial charge < -0.3 is 9.15 Å². The highest BCUT2D eigenvalue weighted by Crippen LogP contribution is 2.30. The van der Waals surface area contributed by atoms with E-state index in [-0.39, 0.29) is 6.04 Å². The Morgan fingerprint density at radius 2 is 2.33 bits per heavy atom. The minimum atomic E-state index is 0.0134. The molecule has 2 rings (SSSR count). The van der Waals surface area contributed by atoms with Gasteiger partial charge in [-0.3, -0.25) is 5.84 Å². The van der Waals surface area contributed by atoms with E-state index in [0.29, 0.717) is 0 Å². The van der Waals surface area contributed by atoms with Gasteiger partial charge in [0, 0.05) is 19.1 Å². The lowest BCUT2D eigenvalue weighted by atomic mass is 10.1. The van der Waals surface area contributed by atoms with Gasteiger partial charge in [0.15, 0.2) is 0 Å². The van der Waals surface area contributed by atoms with Crippen molar-refractivity contribution in [2.45, 2.75) is 18.9 Å². The Morgan fingerprint density at radius 3 is 3.00 bits per heavy atom. The maximum absolute atomic E-state index is 5.85. The molecule has 0 amide bonds. The van der Waals surface area contributed by atoms with Crippen LogP contribution < -0.4 is 11.3 Å². The number of hydrogen-bond acceptors (Lipinski definition) is 4. The fraction of sp³-hybridized carbons (Fsp3) is 0.385. The van der Waals surface area contributed by atoms with Crippen molar-refractivity contribution in [3.63, 3.8) is 0 Å². The van der Waals surface area contributed by atoms with Gasteiger partial charge in [-0.2, -0.15) is 0 Å². The molecule has 4 nitrogen and oxygen atoms in total. The molecule has 0 spiro atoms. The molecule has 0 saturated heterocycles. The fourth-order valence-corrected chi connectivity index (χ4v) is 2.42. The van der Waals surface area contributed by atoms with Crippen LogP contribution in [0.5, 0.6) is 0 Å². The Labute approximate surface area is 115 Å². The number of halogens is 1. The van der Waals surface area contributed by atoms with E-state index in [1.54, 1.807) is 7.11 Å². The SMILES string of the molecule is COCCCC(NN)c1cc2cccc(Br)c2o1. The Balaban J connectivity index is 2.20. The quantitative estimate of drug-likeness (QED) is 0.489. The standard InChI is InChI=1S/C13H17BrN2O2/c1-17-7-3-6-11(16-15)12-8-9-4-2-5-10(14)13(9)18-12/h2,4-5,8,11,16H,3,6-7,15H2,1H3. The molecule has 5 heteroatoms. The molecule has 1 aromatic carbocycles. The molecule has 0 aliphatic rings. The Kier molecular flexibility index (Phi) is 4.77. The van der Waals surface area contributed by atoms with Crippen LogP contribution in [0, 0.1) is 0 Å². The molecule has 0 aliphatic heterocycles. The van der Waals surface area contributed by atoms with E-state index in [4.69, 9.17) is 15.0 Å². The smallest absolute Gasteiger partial charge is 0.148 e. The van der Waals surface area contributed by atoms with Gasteiger partial charge in [0.05, 0.1) is 10.5 Å². The molecule has 0 bridgehead atoms. The lowest BCUT2D eigenvalue weighted by Crippen LogP contribution is -2.27. The average molecular weight is 313 g/mol. The number of nitrogens with one attached hydrogen (secondary N) is 1. The third-order valence-electron chi connectivity index (χ3n) is 2.90. The summed E-state index contributed by atoms with van der Waals surface area (Å²) in [5.74, 6) is 6.44. The maximum Gasteiger partial charge on any atom is 0.148 e. The van der Waals surface area contributed by atoms with Crippen molar-refractivity contribution in [1.82, 2.24) is 5.43 Å². The number of methoxy groups -OCH3 is 1. The molecule has 0 fully saturated rings. The first-order valence-electron chi connectivity index (χ1n) is 5.89. The van der Waals surface area contributed by atoms with Gasteiger partial charge in [-0.1, -0.05) is 12.1 Å². The number of rotatable bonds is 6. The van der Waals surface area contributed by atoms with Crippen LogP contribution in [0.15, 0.2) is 33.2 Å². The number of fused-ring (bicyclic) bond motifs is 1. The van der Waals surface area contributed by atoms with Crippen LogP contribution in [0.1, 0.15) is 24.6 Å². The third-order valence-corrected chi connectivity index (χ3v) is 3.53. The minimum Gasteiger partial charge on any atom is -0.458 e. The van der Waals surface area contributed by atoms with E-state index in [2.05, 4.69) is 21.4 Å². The van der Waals surface area contributed by atoms with Crippen LogP contribution in [0.3, 0.4) is 0 Å². The van der Waals surface area contributed by atoms with Gasteiger partial charge in [-0.15, -0.1) is 0 Å². The van der Waals surface area contributed by atoms with Crippen molar-refractivity contribution in [2.24, 2.45) is 5.84 Å². The summed E-state index contributed by atoms with van der Waals surface area (Å²) >= 11 is 3.48. The van der Waals surface area contributed by atoms with Gasteiger partial charge in [-0.05, 0) is 40.9 Å². The molecule has 0 saturated carbocycles. The summed E-state index contributed by atoms with van der Waals surface area (Å²) in [5.41, 5.74) is 3.65. The lowest BCUT2D eigenvalue weighted by Gasteiger charge is -2.12. The van der Waals surface area contributed by atoms with Crippen LogP contribution in [0.25, 0.3) is 11.0 Å². The zero-order valence-corrected chi connectivity index (χ0v) is 11.9. The van der Waals surface area contributed by atoms with Crippen LogP contribution >= 0.6 is 15.9 Å². The van der Waals surface area contributed by atoms with Gasteiger partial charge in [0.25, 0.3) is 0 Å². The first-order valence-corrected chi connectivity index (χ1v) is 6.68. The predicted molar refractivity (Wildman–Crippen MR) is 75.1 cm³/mol. The van der Waals surface area contributed by atoms with Crippen molar-refractivity contribution >= 4 is 26.9 Å². The van der Waals surface area contributed by atoms with E-state index < -0.39 is 0 Å². The summed E-state index contributed by atoms with van der Waals surface area (Å²) in [6, 6.07) is 8.01.